The fraction of sp³-hybridized carbons (Fsp3) is 0.850. The van der Waals surface area contributed by atoms with E-state index in [0.717, 1.165) is 38.5 Å². The van der Waals surface area contributed by atoms with Gasteiger partial charge in [0.05, 0.1) is 6.10 Å². The molecule has 0 aromatic carbocycles. The SMILES string of the molecule is O=C(O)CCCCCCCC1C(=O)NC(=O)N1CCC(O)C1CCCCC1. The Labute approximate surface area is 161 Å². The van der Waals surface area contributed by atoms with E-state index < -0.39 is 18.1 Å². The van der Waals surface area contributed by atoms with E-state index in [1.165, 1.54) is 19.3 Å². The van der Waals surface area contributed by atoms with Crippen molar-refractivity contribution in [2.45, 2.75) is 95.6 Å². The zero-order valence-corrected chi connectivity index (χ0v) is 16.2. The molecule has 0 spiro atoms. The van der Waals surface area contributed by atoms with Gasteiger partial charge in [-0.1, -0.05) is 44.9 Å². The fourth-order valence-corrected chi connectivity index (χ4v) is 4.26. The molecule has 7 nitrogen and oxygen atoms in total. The van der Waals surface area contributed by atoms with Crippen LogP contribution in [-0.4, -0.2) is 51.7 Å². The molecular weight excluding hydrogens is 348 g/mol. The third-order valence-corrected chi connectivity index (χ3v) is 5.90. The van der Waals surface area contributed by atoms with Crippen molar-refractivity contribution < 1.29 is 24.6 Å². The first-order valence-corrected chi connectivity index (χ1v) is 10.5. The van der Waals surface area contributed by atoms with Gasteiger partial charge in [-0.25, -0.2) is 4.79 Å². The van der Waals surface area contributed by atoms with Crippen molar-refractivity contribution in [3.05, 3.63) is 0 Å². The summed E-state index contributed by atoms with van der Waals surface area (Å²) in [7, 11) is 0. The third kappa shape index (κ3) is 7.13. The summed E-state index contributed by atoms with van der Waals surface area (Å²) in [6.07, 6.45) is 10.9. The standard InChI is InChI=1S/C20H34N2O5/c23-17(15-9-5-4-6-10-15)13-14-22-16(19(26)21-20(22)27)11-7-2-1-3-8-12-18(24)25/h15-17,23H,1-14H2,(H,24,25)(H,21,26,27). The van der Waals surface area contributed by atoms with Crippen molar-refractivity contribution in [1.29, 1.82) is 0 Å². The third-order valence-electron chi connectivity index (χ3n) is 5.90. The number of rotatable bonds is 12. The molecular formula is C20H34N2O5. The van der Waals surface area contributed by atoms with E-state index in [2.05, 4.69) is 5.32 Å². The average molecular weight is 383 g/mol. The molecule has 2 unspecified atom stereocenters. The minimum Gasteiger partial charge on any atom is -0.481 e. The maximum atomic E-state index is 12.1. The number of urea groups is 1. The summed E-state index contributed by atoms with van der Waals surface area (Å²) in [5.41, 5.74) is 0. The molecule has 0 aromatic heterocycles. The van der Waals surface area contributed by atoms with Gasteiger partial charge >= 0.3 is 12.0 Å². The number of hydrogen-bond acceptors (Lipinski definition) is 4. The number of unbranched alkanes of at least 4 members (excludes halogenated alkanes) is 4. The van der Waals surface area contributed by atoms with E-state index in [0.29, 0.717) is 31.7 Å². The van der Waals surface area contributed by atoms with Crippen molar-refractivity contribution >= 4 is 17.9 Å². The van der Waals surface area contributed by atoms with Gasteiger partial charge in [0, 0.05) is 13.0 Å². The number of carbonyl (C=O) groups is 3. The van der Waals surface area contributed by atoms with Crippen LogP contribution >= 0.6 is 0 Å². The highest BCUT2D eigenvalue weighted by molar-refractivity contribution is 6.04. The number of imide groups is 1. The van der Waals surface area contributed by atoms with E-state index in [1.807, 2.05) is 0 Å². The number of carboxylic acid groups (broad SMARTS) is 1. The van der Waals surface area contributed by atoms with Gasteiger partial charge in [-0.2, -0.15) is 0 Å². The highest BCUT2D eigenvalue weighted by Crippen LogP contribution is 2.28. The van der Waals surface area contributed by atoms with Gasteiger partial charge in [0.2, 0.25) is 0 Å². The largest absolute Gasteiger partial charge is 0.481 e. The maximum absolute atomic E-state index is 12.1. The van der Waals surface area contributed by atoms with Gasteiger partial charge in [0.25, 0.3) is 5.91 Å². The number of nitrogens with zero attached hydrogens (tertiary/aromatic N) is 1. The normalized spacial score (nSPS) is 22.1. The van der Waals surface area contributed by atoms with Gasteiger partial charge in [0.15, 0.2) is 0 Å². The van der Waals surface area contributed by atoms with Gasteiger partial charge in [-0.15, -0.1) is 0 Å². The Morgan fingerprint density at radius 2 is 1.74 bits per heavy atom. The van der Waals surface area contributed by atoms with Crippen molar-refractivity contribution in [3.63, 3.8) is 0 Å². The van der Waals surface area contributed by atoms with E-state index in [1.54, 1.807) is 4.90 Å². The molecule has 7 heteroatoms. The average Bonchev–Trinajstić information content (AvgIpc) is 2.92. The second-order valence-corrected chi connectivity index (χ2v) is 7.96. The zero-order valence-electron chi connectivity index (χ0n) is 16.2. The lowest BCUT2D eigenvalue weighted by Gasteiger charge is -2.29. The lowest BCUT2D eigenvalue weighted by Crippen LogP contribution is -2.38. The predicted octanol–water partition coefficient (Wildman–Crippen LogP) is 3.05. The van der Waals surface area contributed by atoms with Gasteiger partial charge in [-0.3, -0.25) is 14.9 Å². The second kappa shape index (κ2) is 11.3. The molecule has 2 atom stereocenters. The van der Waals surface area contributed by atoms with E-state index in [4.69, 9.17) is 5.11 Å². The molecule has 3 N–H and O–H groups in total. The first-order chi connectivity index (χ1) is 13.0. The monoisotopic (exact) mass is 382 g/mol. The Balaban J connectivity index is 1.69. The summed E-state index contributed by atoms with van der Waals surface area (Å²) in [5, 5.41) is 21.4. The number of aliphatic hydroxyl groups excluding tert-OH is 1. The Morgan fingerprint density at radius 1 is 1.07 bits per heavy atom. The highest BCUT2D eigenvalue weighted by atomic mass is 16.4. The lowest BCUT2D eigenvalue weighted by molar-refractivity contribution is -0.137. The molecule has 27 heavy (non-hydrogen) atoms. The number of nitrogens with one attached hydrogen (secondary N) is 1. The molecule has 1 heterocycles. The van der Waals surface area contributed by atoms with Crippen LogP contribution in [0.15, 0.2) is 0 Å². The van der Waals surface area contributed by atoms with Gasteiger partial charge in [0.1, 0.15) is 6.04 Å². The summed E-state index contributed by atoms with van der Waals surface area (Å²) in [6.45, 7) is 0.415. The van der Waals surface area contributed by atoms with Crippen LogP contribution < -0.4 is 5.32 Å². The van der Waals surface area contributed by atoms with Crippen LogP contribution in [0.5, 0.6) is 0 Å². The van der Waals surface area contributed by atoms with Crippen molar-refractivity contribution in [3.8, 4) is 0 Å². The number of carboxylic acids is 1. The fourth-order valence-electron chi connectivity index (χ4n) is 4.26. The zero-order chi connectivity index (χ0) is 19.6. The Bertz CT molecular complexity index is 505. The molecule has 1 saturated heterocycles. The molecule has 1 aliphatic heterocycles. The van der Waals surface area contributed by atoms with Crippen LogP contribution in [0, 0.1) is 5.92 Å². The van der Waals surface area contributed by atoms with E-state index >= 15 is 0 Å². The van der Waals surface area contributed by atoms with Crippen LogP contribution in [0.3, 0.4) is 0 Å². The smallest absolute Gasteiger partial charge is 0.324 e. The minimum absolute atomic E-state index is 0.205. The predicted molar refractivity (Wildman–Crippen MR) is 101 cm³/mol. The summed E-state index contributed by atoms with van der Waals surface area (Å²) < 4.78 is 0. The van der Waals surface area contributed by atoms with Crippen LogP contribution in [0.25, 0.3) is 0 Å². The summed E-state index contributed by atoms with van der Waals surface area (Å²) in [6, 6.07) is -0.780. The molecule has 2 aliphatic rings. The number of aliphatic carboxylic acids is 1. The Kier molecular flexibility index (Phi) is 9.04. The van der Waals surface area contributed by atoms with E-state index in [9.17, 15) is 19.5 Å². The lowest BCUT2D eigenvalue weighted by atomic mass is 9.84. The first kappa shape index (κ1) is 21.7. The molecule has 1 saturated carbocycles. The summed E-state index contributed by atoms with van der Waals surface area (Å²) in [4.78, 5) is 36.2. The molecule has 0 aromatic rings. The minimum atomic E-state index is -0.762. The van der Waals surface area contributed by atoms with Crippen LogP contribution in [0.4, 0.5) is 4.79 Å². The molecule has 0 radical (unpaired) electrons. The number of hydrogen-bond donors (Lipinski definition) is 3. The molecule has 154 valence electrons. The molecule has 1 aliphatic carbocycles. The highest BCUT2D eigenvalue weighted by Gasteiger charge is 2.38. The molecule has 0 bridgehead atoms. The quantitative estimate of drug-likeness (QED) is 0.355. The Morgan fingerprint density at radius 3 is 2.44 bits per heavy atom. The Hall–Kier alpha value is -1.63. The van der Waals surface area contributed by atoms with Crippen LogP contribution in [0.2, 0.25) is 0 Å². The number of amides is 3. The van der Waals surface area contributed by atoms with E-state index in [-0.39, 0.29) is 18.4 Å². The van der Waals surface area contributed by atoms with Gasteiger partial charge < -0.3 is 15.1 Å². The first-order valence-electron chi connectivity index (χ1n) is 10.5. The van der Waals surface area contributed by atoms with Crippen LogP contribution in [-0.2, 0) is 9.59 Å². The maximum Gasteiger partial charge on any atom is 0.324 e. The van der Waals surface area contributed by atoms with Crippen molar-refractivity contribution in [1.82, 2.24) is 10.2 Å². The molecule has 2 rings (SSSR count). The van der Waals surface area contributed by atoms with Gasteiger partial charge in [-0.05, 0) is 38.0 Å². The molecule has 3 amide bonds. The number of aliphatic hydroxyl groups is 1. The van der Waals surface area contributed by atoms with Crippen LogP contribution in [0.1, 0.15) is 83.5 Å². The summed E-state index contributed by atoms with van der Waals surface area (Å²) in [5.74, 6) is -0.676. The topological polar surface area (TPSA) is 107 Å². The number of carbonyl (C=O) groups excluding carboxylic acids is 2. The summed E-state index contributed by atoms with van der Waals surface area (Å²) >= 11 is 0. The van der Waals surface area contributed by atoms with Crippen molar-refractivity contribution in [2.24, 2.45) is 5.92 Å². The molecule has 2 fully saturated rings. The van der Waals surface area contributed by atoms with Crippen molar-refractivity contribution in [2.75, 3.05) is 6.54 Å². The second-order valence-electron chi connectivity index (χ2n) is 7.96.